The maximum atomic E-state index is 12.5. The molecule has 1 aromatic rings. The molecule has 1 aliphatic carbocycles. The summed E-state index contributed by atoms with van der Waals surface area (Å²) in [6.45, 7) is 2.20. The van der Waals surface area contributed by atoms with E-state index in [0.717, 1.165) is 30.2 Å². The summed E-state index contributed by atoms with van der Waals surface area (Å²) in [5.41, 5.74) is -0.505. The van der Waals surface area contributed by atoms with Gasteiger partial charge in [-0.25, -0.2) is 13.1 Å². The van der Waals surface area contributed by atoms with E-state index < -0.39 is 15.6 Å². The Morgan fingerprint density at radius 1 is 1.40 bits per heavy atom. The van der Waals surface area contributed by atoms with Crippen LogP contribution < -0.4 is 4.72 Å². The molecule has 0 atom stereocenters. The van der Waals surface area contributed by atoms with Crippen LogP contribution in [0.4, 0.5) is 0 Å². The predicted molar refractivity (Wildman–Crippen MR) is 85.5 cm³/mol. The second-order valence-electron chi connectivity index (χ2n) is 5.66. The minimum Gasteiger partial charge on any atom is -0.207 e. The van der Waals surface area contributed by atoms with Crippen LogP contribution in [0.3, 0.4) is 0 Å². The lowest BCUT2D eigenvalue weighted by atomic mass is 9.79. The molecule has 0 unspecified atom stereocenters. The number of hydrogen-bond acceptors (Lipinski definition) is 2. The number of benzene rings is 1. The zero-order valence-corrected chi connectivity index (χ0v) is 14.6. The molecule has 1 saturated carbocycles. The van der Waals surface area contributed by atoms with Gasteiger partial charge in [0.25, 0.3) is 0 Å². The van der Waals surface area contributed by atoms with Gasteiger partial charge in [-0.05, 0) is 49.8 Å². The molecule has 0 bridgehead atoms. The number of halogens is 2. The summed E-state index contributed by atoms with van der Waals surface area (Å²) in [6, 6.07) is 6.73. The van der Waals surface area contributed by atoms with Crippen LogP contribution in [0.1, 0.15) is 32.6 Å². The van der Waals surface area contributed by atoms with Gasteiger partial charge in [0.2, 0.25) is 10.0 Å². The Morgan fingerprint density at radius 3 is 2.60 bits per heavy atom. The van der Waals surface area contributed by atoms with Crippen molar-refractivity contribution in [2.24, 2.45) is 5.92 Å². The van der Waals surface area contributed by atoms with Gasteiger partial charge in [0.05, 0.1) is 4.90 Å². The molecule has 1 N–H and O–H groups in total. The molecule has 1 aliphatic rings. The molecule has 112 valence electrons. The first-order valence-electron chi connectivity index (χ1n) is 6.72. The van der Waals surface area contributed by atoms with E-state index in [9.17, 15) is 8.42 Å². The Bertz CT molecular complexity index is 568. The van der Waals surface area contributed by atoms with Crippen LogP contribution in [-0.2, 0) is 10.0 Å². The number of nitrogens with one attached hydrogen (secondary N) is 1. The molecule has 0 amide bonds. The Kier molecular flexibility index (Phi) is 5.16. The van der Waals surface area contributed by atoms with E-state index in [-0.39, 0.29) is 4.90 Å². The fraction of sp³-hybridized carbons (Fsp3) is 0.571. The lowest BCUT2D eigenvalue weighted by Crippen LogP contribution is -2.51. The zero-order valence-electron chi connectivity index (χ0n) is 11.4. The van der Waals surface area contributed by atoms with E-state index in [0.29, 0.717) is 11.8 Å². The Balaban J connectivity index is 2.22. The highest BCUT2D eigenvalue weighted by Gasteiger charge is 2.37. The largest absolute Gasteiger partial charge is 0.241 e. The summed E-state index contributed by atoms with van der Waals surface area (Å²) in [6.07, 6.45) is 3.61. The van der Waals surface area contributed by atoms with Crippen LogP contribution in [0.5, 0.6) is 0 Å². The zero-order chi connectivity index (χ0) is 14.8. The van der Waals surface area contributed by atoms with Gasteiger partial charge in [0.15, 0.2) is 0 Å². The van der Waals surface area contributed by atoms with Crippen molar-refractivity contribution in [3.63, 3.8) is 0 Å². The summed E-state index contributed by atoms with van der Waals surface area (Å²) in [4.78, 5) is 0.273. The quantitative estimate of drug-likeness (QED) is 0.805. The van der Waals surface area contributed by atoms with E-state index >= 15 is 0 Å². The van der Waals surface area contributed by atoms with Crippen molar-refractivity contribution in [3.05, 3.63) is 28.7 Å². The first kappa shape index (κ1) is 16.3. The van der Waals surface area contributed by atoms with Gasteiger partial charge in [0, 0.05) is 15.9 Å². The standard InChI is InChI=1S/C14H19BrClNO2S/c1-11-5-7-14(10-16,8-6-11)17-20(18,19)13-4-2-3-12(15)9-13/h2-4,9,11,17H,5-8,10H2,1H3. The molecule has 0 radical (unpaired) electrons. The van der Waals surface area contributed by atoms with Crippen molar-refractivity contribution in [3.8, 4) is 0 Å². The van der Waals surface area contributed by atoms with Crippen molar-refractivity contribution >= 4 is 37.6 Å². The third-order valence-corrected chi connectivity index (χ3v) is 6.53. The van der Waals surface area contributed by atoms with E-state index in [4.69, 9.17) is 11.6 Å². The van der Waals surface area contributed by atoms with Gasteiger partial charge in [0.1, 0.15) is 0 Å². The lowest BCUT2D eigenvalue weighted by molar-refractivity contribution is 0.247. The molecule has 1 fully saturated rings. The average molecular weight is 381 g/mol. The highest BCUT2D eigenvalue weighted by Crippen LogP contribution is 2.34. The molecular formula is C14H19BrClNO2S. The van der Waals surface area contributed by atoms with Crippen LogP contribution in [0.2, 0.25) is 0 Å². The van der Waals surface area contributed by atoms with Crippen molar-refractivity contribution in [2.75, 3.05) is 5.88 Å². The van der Waals surface area contributed by atoms with Crippen LogP contribution in [0.25, 0.3) is 0 Å². The highest BCUT2D eigenvalue weighted by molar-refractivity contribution is 9.10. The maximum Gasteiger partial charge on any atom is 0.241 e. The molecule has 6 heteroatoms. The van der Waals surface area contributed by atoms with Gasteiger partial charge in [-0.2, -0.15) is 0 Å². The van der Waals surface area contributed by atoms with Crippen LogP contribution in [-0.4, -0.2) is 19.8 Å². The number of alkyl halides is 1. The molecule has 0 saturated heterocycles. The van der Waals surface area contributed by atoms with Crippen LogP contribution >= 0.6 is 27.5 Å². The number of sulfonamides is 1. The van der Waals surface area contributed by atoms with Gasteiger partial charge < -0.3 is 0 Å². The molecule has 20 heavy (non-hydrogen) atoms. The summed E-state index contributed by atoms with van der Waals surface area (Å²) < 4.78 is 28.6. The molecule has 2 rings (SSSR count). The van der Waals surface area contributed by atoms with Crippen LogP contribution in [0, 0.1) is 5.92 Å². The van der Waals surface area contributed by atoms with E-state index in [1.54, 1.807) is 24.3 Å². The highest BCUT2D eigenvalue weighted by atomic mass is 79.9. The Labute approximate surface area is 134 Å². The molecular weight excluding hydrogens is 362 g/mol. The molecule has 3 nitrogen and oxygen atoms in total. The molecule has 0 spiro atoms. The summed E-state index contributed by atoms with van der Waals surface area (Å²) in [5, 5.41) is 0. The minimum atomic E-state index is -3.53. The summed E-state index contributed by atoms with van der Waals surface area (Å²) in [5.74, 6) is 0.953. The Hall–Kier alpha value is -0.100. The fourth-order valence-electron chi connectivity index (χ4n) is 2.56. The number of rotatable bonds is 4. The smallest absolute Gasteiger partial charge is 0.207 e. The van der Waals surface area contributed by atoms with Gasteiger partial charge in [-0.1, -0.05) is 28.9 Å². The third-order valence-electron chi connectivity index (χ3n) is 3.94. The van der Waals surface area contributed by atoms with E-state index in [1.807, 2.05) is 0 Å². The topological polar surface area (TPSA) is 46.2 Å². The van der Waals surface area contributed by atoms with Crippen molar-refractivity contribution in [2.45, 2.75) is 43.0 Å². The molecule has 0 aliphatic heterocycles. The Morgan fingerprint density at radius 2 is 2.05 bits per heavy atom. The van der Waals surface area contributed by atoms with Crippen LogP contribution in [0.15, 0.2) is 33.6 Å². The van der Waals surface area contributed by atoms with Gasteiger partial charge in [-0.3, -0.25) is 0 Å². The first-order valence-corrected chi connectivity index (χ1v) is 9.53. The predicted octanol–water partition coefficient (Wildman–Crippen LogP) is 3.92. The van der Waals surface area contributed by atoms with Gasteiger partial charge in [-0.15, -0.1) is 11.6 Å². The second-order valence-corrected chi connectivity index (χ2v) is 8.52. The lowest BCUT2D eigenvalue weighted by Gasteiger charge is -2.38. The van der Waals surface area contributed by atoms with Crippen molar-refractivity contribution < 1.29 is 8.42 Å². The van der Waals surface area contributed by atoms with Gasteiger partial charge >= 0.3 is 0 Å². The summed E-state index contributed by atoms with van der Waals surface area (Å²) >= 11 is 9.37. The summed E-state index contributed by atoms with van der Waals surface area (Å²) in [7, 11) is -3.53. The van der Waals surface area contributed by atoms with E-state index in [1.165, 1.54) is 0 Å². The first-order chi connectivity index (χ1) is 9.37. The van der Waals surface area contributed by atoms with Crippen molar-refractivity contribution in [1.29, 1.82) is 0 Å². The normalized spacial score (nSPS) is 27.4. The maximum absolute atomic E-state index is 12.5. The minimum absolute atomic E-state index is 0.273. The fourth-order valence-corrected chi connectivity index (χ4v) is 5.02. The SMILES string of the molecule is CC1CCC(CCl)(NS(=O)(=O)c2cccc(Br)c2)CC1. The molecule has 0 aromatic heterocycles. The van der Waals surface area contributed by atoms with Crippen molar-refractivity contribution in [1.82, 2.24) is 4.72 Å². The monoisotopic (exact) mass is 379 g/mol. The number of hydrogen-bond donors (Lipinski definition) is 1. The molecule has 0 heterocycles. The average Bonchev–Trinajstić information content (AvgIpc) is 2.41. The molecule has 1 aromatic carbocycles. The third kappa shape index (κ3) is 3.75. The van der Waals surface area contributed by atoms with E-state index in [2.05, 4.69) is 27.6 Å². The second kappa shape index (κ2) is 6.34.